The Labute approximate surface area is 235 Å². The van der Waals surface area contributed by atoms with E-state index in [0.717, 1.165) is 16.7 Å². The molecule has 37 heavy (non-hydrogen) atoms. The molecule has 1 aliphatic heterocycles. The van der Waals surface area contributed by atoms with Crippen LogP contribution in [0.1, 0.15) is 15.9 Å². The van der Waals surface area contributed by atoms with Gasteiger partial charge in [0, 0.05) is 10.0 Å². The zero-order valence-corrected chi connectivity index (χ0v) is 23.1. The second kappa shape index (κ2) is 12.0. The van der Waals surface area contributed by atoms with Crippen LogP contribution < -0.4 is 14.2 Å². The van der Waals surface area contributed by atoms with Crippen LogP contribution in [0.25, 0.3) is 6.08 Å². The van der Waals surface area contributed by atoms with Crippen molar-refractivity contribution in [1.29, 1.82) is 0 Å². The Balaban J connectivity index is 1.46. The summed E-state index contributed by atoms with van der Waals surface area (Å²) in [6.07, 6.45) is 1.57. The lowest BCUT2D eigenvalue weighted by molar-refractivity contribution is -0.123. The van der Waals surface area contributed by atoms with Crippen LogP contribution in [0.5, 0.6) is 17.2 Å². The molecule has 3 aromatic carbocycles. The normalized spacial score (nSPS) is 14.3. The van der Waals surface area contributed by atoms with Crippen molar-refractivity contribution in [2.75, 3.05) is 20.3 Å². The van der Waals surface area contributed by atoms with Gasteiger partial charge in [0.05, 0.1) is 28.6 Å². The quantitative estimate of drug-likeness (QED) is 0.151. The first-order valence-electron chi connectivity index (χ1n) is 10.7. The van der Waals surface area contributed by atoms with E-state index in [1.165, 1.54) is 7.11 Å². The summed E-state index contributed by atoms with van der Waals surface area (Å²) in [4.78, 5) is 39.2. The van der Waals surface area contributed by atoms with Crippen molar-refractivity contribution in [3.63, 3.8) is 0 Å². The molecule has 3 aromatic rings. The highest BCUT2D eigenvalue weighted by atomic mass is 79.9. The Morgan fingerprint density at radius 3 is 2.32 bits per heavy atom. The summed E-state index contributed by atoms with van der Waals surface area (Å²) in [5.74, 6) is -0.000288. The molecule has 0 radical (unpaired) electrons. The van der Waals surface area contributed by atoms with Gasteiger partial charge in [-0.3, -0.25) is 14.5 Å². The third-order valence-corrected chi connectivity index (χ3v) is 7.10. The van der Waals surface area contributed by atoms with Crippen molar-refractivity contribution in [2.24, 2.45) is 0 Å². The van der Waals surface area contributed by atoms with E-state index in [1.54, 1.807) is 66.7 Å². The number of carbonyl (C=O) groups excluding carboxylic acids is 3. The summed E-state index contributed by atoms with van der Waals surface area (Å²) >= 11 is 16.0. The van der Waals surface area contributed by atoms with E-state index in [2.05, 4.69) is 15.9 Å². The van der Waals surface area contributed by atoms with E-state index in [4.69, 9.17) is 37.4 Å². The molecule has 0 bridgehead atoms. The average molecular weight is 623 g/mol. The number of carbonyl (C=O) groups is 3. The number of hydrogen-bond acceptors (Lipinski definition) is 7. The van der Waals surface area contributed by atoms with Crippen LogP contribution >= 0.6 is 50.9 Å². The van der Waals surface area contributed by atoms with Crippen LogP contribution in [0.2, 0.25) is 10.0 Å². The van der Waals surface area contributed by atoms with Crippen molar-refractivity contribution in [3.8, 4) is 17.2 Å². The molecule has 1 fully saturated rings. The molecule has 0 unspecified atom stereocenters. The van der Waals surface area contributed by atoms with Crippen molar-refractivity contribution in [2.45, 2.75) is 0 Å². The van der Waals surface area contributed by atoms with E-state index >= 15 is 0 Å². The highest BCUT2D eigenvalue weighted by Crippen LogP contribution is 2.39. The third-order valence-electron chi connectivity index (χ3n) is 5.10. The molecule has 0 N–H and O–H groups in total. The lowest BCUT2D eigenvalue weighted by Gasteiger charge is -2.13. The Kier molecular flexibility index (Phi) is 8.81. The number of rotatable bonds is 8. The van der Waals surface area contributed by atoms with Gasteiger partial charge in [0.15, 0.2) is 11.5 Å². The van der Waals surface area contributed by atoms with Gasteiger partial charge in [-0.1, -0.05) is 23.2 Å². The minimum absolute atomic E-state index is 0.0945. The molecule has 11 heteroatoms. The fourth-order valence-electron chi connectivity index (χ4n) is 3.29. The van der Waals surface area contributed by atoms with Crippen LogP contribution in [0.3, 0.4) is 0 Å². The van der Waals surface area contributed by atoms with Crippen molar-refractivity contribution < 1.29 is 28.6 Å². The molecular weight excluding hydrogens is 605 g/mol. The Hall–Kier alpha value is -2.98. The monoisotopic (exact) mass is 621 g/mol. The highest BCUT2D eigenvalue weighted by molar-refractivity contribution is 9.10. The first kappa shape index (κ1) is 27.1. The van der Waals surface area contributed by atoms with Crippen LogP contribution in [-0.4, -0.2) is 42.3 Å². The molecular formula is C26H18BrCl2NO6S. The maximum Gasteiger partial charge on any atom is 0.343 e. The molecule has 0 spiro atoms. The Morgan fingerprint density at radius 2 is 1.68 bits per heavy atom. The lowest BCUT2D eigenvalue weighted by Crippen LogP contribution is -2.32. The first-order chi connectivity index (χ1) is 17.7. The van der Waals surface area contributed by atoms with Gasteiger partial charge in [0.1, 0.15) is 12.4 Å². The minimum Gasteiger partial charge on any atom is -0.493 e. The van der Waals surface area contributed by atoms with Gasteiger partial charge in [-0.05, 0) is 100.0 Å². The highest BCUT2D eigenvalue weighted by Gasteiger charge is 2.35. The molecule has 2 amide bonds. The molecule has 1 aliphatic rings. The summed E-state index contributed by atoms with van der Waals surface area (Å²) in [6, 6.07) is 16.3. The molecule has 0 aromatic heterocycles. The molecule has 7 nitrogen and oxygen atoms in total. The fourth-order valence-corrected chi connectivity index (χ4v) is 4.95. The van der Waals surface area contributed by atoms with Gasteiger partial charge in [0.25, 0.3) is 11.1 Å². The fraction of sp³-hybridized carbons (Fsp3) is 0.115. The van der Waals surface area contributed by atoms with Gasteiger partial charge in [-0.2, -0.15) is 0 Å². The van der Waals surface area contributed by atoms with E-state index in [9.17, 15) is 14.4 Å². The largest absolute Gasteiger partial charge is 0.493 e. The Bertz CT molecular complexity index is 1380. The van der Waals surface area contributed by atoms with Crippen LogP contribution in [-0.2, 0) is 4.79 Å². The summed E-state index contributed by atoms with van der Waals surface area (Å²) in [5.41, 5.74) is 0.883. The van der Waals surface area contributed by atoms with Crippen molar-refractivity contribution >= 4 is 74.1 Å². The molecule has 0 atom stereocenters. The average Bonchev–Trinajstić information content (AvgIpc) is 3.14. The van der Waals surface area contributed by atoms with Crippen LogP contribution in [0, 0.1) is 0 Å². The van der Waals surface area contributed by atoms with E-state index < -0.39 is 17.1 Å². The van der Waals surface area contributed by atoms with Crippen molar-refractivity contribution in [1.82, 2.24) is 4.90 Å². The van der Waals surface area contributed by atoms with Gasteiger partial charge in [-0.15, -0.1) is 0 Å². The van der Waals surface area contributed by atoms with Gasteiger partial charge in [0.2, 0.25) is 0 Å². The summed E-state index contributed by atoms with van der Waals surface area (Å²) in [6.45, 7) is 0.233. The van der Waals surface area contributed by atoms with Crippen LogP contribution in [0.15, 0.2) is 70.0 Å². The smallest absolute Gasteiger partial charge is 0.343 e. The van der Waals surface area contributed by atoms with Gasteiger partial charge in [-0.25, -0.2) is 4.79 Å². The molecule has 1 saturated heterocycles. The summed E-state index contributed by atoms with van der Waals surface area (Å²) in [5, 5.41) is 0.688. The molecule has 1 heterocycles. The minimum atomic E-state index is -0.592. The van der Waals surface area contributed by atoms with Gasteiger partial charge < -0.3 is 14.2 Å². The second-order valence-electron chi connectivity index (χ2n) is 7.57. The molecule has 0 aliphatic carbocycles. The topological polar surface area (TPSA) is 82.1 Å². The SMILES string of the molecule is COc1cc(/C=C2\SC(=O)N(CCOc3ccc(Cl)cc3)C2=O)cc(Br)c1OC(=O)c1ccc(Cl)cc1. The van der Waals surface area contributed by atoms with E-state index in [-0.39, 0.29) is 29.6 Å². The standard InChI is InChI=1S/C26H18BrCl2NO6S/c1-34-21-13-15(12-20(27)23(21)36-25(32)16-2-4-17(28)5-3-16)14-22-24(31)30(26(33)37-22)10-11-35-19-8-6-18(29)7-9-19/h2-9,12-14H,10-11H2,1H3/b22-14-. The number of hydrogen-bond donors (Lipinski definition) is 0. The van der Waals surface area contributed by atoms with Crippen molar-refractivity contribution in [3.05, 3.63) is 91.2 Å². The zero-order valence-electron chi connectivity index (χ0n) is 19.2. The predicted octanol–water partition coefficient (Wildman–Crippen LogP) is 7.10. The number of amides is 2. The summed E-state index contributed by atoms with van der Waals surface area (Å²) < 4.78 is 17.0. The summed E-state index contributed by atoms with van der Waals surface area (Å²) in [7, 11) is 1.43. The number of esters is 1. The number of ether oxygens (including phenoxy) is 3. The predicted molar refractivity (Wildman–Crippen MR) is 147 cm³/mol. The van der Waals surface area contributed by atoms with Crippen LogP contribution in [0.4, 0.5) is 4.79 Å². The van der Waals surface area contributed by atoms with E-state index in [0.29, 0.717) is 31.4 Å². The number of benzene rings is 3. The lowest BCUT2D eigenvalue weighted by atomic mass is 10.1. The molecule has 190 valence electrons. The maximum absolute atomic E-state index is 12.9. The number of nitrogens with zero attached hydrogens (tertiary/aromatic N) is 1. The maximum atomic E-state index is 12.9. The number of methoxy groups -OCH3 is 1. The van der Waals surface area contributed by atoms with Gasteiger partial charge >= 0.3 is 5.97 Å². The number of imide groups is 1. The zero-order chi connectivity index (χ0) is 26.5. The Morgan fingerprint density at radius 1 is 1.03 bits per heavy atom. The van der Waals surface area contributed by atoms with E-state index in [1.807, 2.05) is 0 Å². The molecule has 0 saturated carbocycles. The number of halogens is 3. The molecule has 4 rings (SSSR count). The second-order valence-corrected chi connectivity index (χ2v) is 10.3. The third kappa shape index (κ3) is 6.67. The number of thioether (sulfide) groups is 1. The first-order valence-corrected chi connectivity index (χ1v) is 13.1.